The highest BCUT2D eigenvalue weighted by Crippen LogP contribution is 2.19. The molecule has 134 valence electrons. The molecule has 2 aromatic carbocycles. The molecule has 0 aromatic heterocycles. The molecular formula is C19H24N2O3S. The second kappa shape index (κ2) is 8.27. The molecule has 0 bridgehead atoms. The van der Waals surface area contributed by atoms with E-state index in [2.05, 4.69) is 5.32 Å². The molecular weight excluding hydrogens is 336 g/mol. The van der Waals surface area contributed by atoms with Gasteiger partial charge < -0.3 is 5.32 Å². The highest BCUT2D eigenvalue weighted by molar-refractivity contribution is 7.89. The summed E-state index contributed by atoms with van der Waals surface area (Å²) in [5, 5.41) is 2.66. The van der Waals surface area contributed by atoms with Gasteiger partial charge in [-0.05, 0) is 38.5 Å². The molecule has 6 heteroatoms. The second-order valence-electron chi connectivity index (χ2n) is 6.03. The Morgan fingerprint density at radius 3 is 2.32 bits per heavy atom. The van der Waals surface area contributed by atoms with Crippen molar-refractivity contribution in [2.45, 2.75) is 32.2 Å². The zero-order chi connectivity index (χ0) is 18.4. The van der Waals surface area contributed by atoms with Crippen LogP contribution in [0.4, 0.5) is 0 Å². The van der Waals surface area contributed by atoms with Gasteiger partial charge in [0, 0.05) is 13.1 Å². The number of carbonyl (C=O) groups is 1. The standard InChI is InChI=1S/C19H24N2O3S/c1-4-20-19(22)14-21(13-17-7-5-6-16(3)12-17)25(23,24)18-10-8-15(2)9-11-18/h5-12H,4,13-14H2,1-3H3,(H,20,22). The van der Waals surface area contributed by atoms with Gasteiger partial charge in [0.05, 0.1) is 11.4 Å². The first-order valence-electron chi connectivity index (χ1n) is 8.22. The largest absolute Gasteiger partial charge is 0.355 e. The Hall–Kier alpha value is -2.18. The molecule has 0 aliphatic rings. The van der Waals surface area contributed by atoms with Crippen LogP contribution in [0.15, 0.2) is 53.4 Å². The number of aryl methyl sites for hydroxylation is 2. The Bertz CT molecular complexity index is 830. The van der Waals surface area contributed by atoms with Crippen LogP contribution in [0.5, 0.6) is 0 Å². The average molecular weight is 360 g/mol. The second-order valence-corrected chi connectivity index (χ2v) is 7.97. The van der Waals surface area contributed by atoms with Crippen LogP contribution in [0.25, 0.3) is 0 Å². The van der Waals surface area contributed by atoms with E-state index in [-0.39, 0.29) is 23.9 Å². The Balaban J connectivity index is 2.35. The predicted octanol–water partition coefficient (Wildman–Crippen LogP) is 2.63. The molecule has 2 aromatic rings. The maximum Gasteiger partial charge on any atom is 0.243 e. The van der Waals surface area contributed by atoms with E-state index in [1.54, 1.807) is 31.2 Å². The van der Waals surface area contributed by atoms with Gasteiger partial charge in [0.1, 0.15) is 0 Å². The van der Waals surface area contributed by atoms with Gasteiger partial charge in [0.15, 0.2) is 0 Å². The topological polar surface area (TPSA) is 66.5 Å². The molecule has 0 unspecified atom stereocenters. The molecule has 25 heavy (non-hydrogen) atoms. The van der Waals surface area contributed by atoms with Crippen LogP contribution in [0.3, 0.4) is 0 Å². The zero-order valence-corrected chi connectivity index (χ0v) is 15.6. The van der Waals surface area contributed by atoms with Gasteiger partial charge in [-0.1, -0.05) is 47.5 Å². The molecule has 2 rings (SSSR count). The van der Waals surface area contributed by atoms with Crippen molar-refractivity contribution in [3.8, 4) is 0 Å². The van der Waals surface area contributed by atoms with Gasteiger partial charge in [0.2, 0.25) is 15.9 Å². The maximum absolute atomic E-state index is 13.0. The van der Waals surface area contributed by atoms with E-state index in [4.69, 9.17) is 0 Å². The fourth-order valence-corrected chi connectivity index (χ4v) is 3.90. The van der Waals surface area contributed by atoms with Crippen LogP contribution >= 0.6 is 0 Å². The number of benzene rings is 2. The van der Waals surface area contributed by atoms with Gasteiger partial charge in [-0.25, -0.2) is 8.42 Å². The fraction of sp³-hybridized carbons (Fsp3) is 0.316. The van der Waals surface area contributed by atoms with Crippen molar-refractivity contribution >= 4 is 15.9 Å². The zero-order valence-electron chi connectivity index (χ0n) is 14.8. The number of carbonyl (C=O) groups excluding carboxylic acids is 1. The monoisotopic (exact) mass is 360 g/mol. The summed E-state index contributed by atoms with van der Waals surface area (Å²) in [6.45, 7) is 6.05. The maximum atomic E-state index is 13.0. The minimum atomic E-state index is -3.77. The third-order valence-electron chi connectivity index (χ3n) is 3.79. The summed E-state index contributed by atoms with van der Waals surface area (Å²) in [5.41, 5.74) is 2.87. The molecule has 5 nitrogen and oxygen atoms in total. The van der Waals surface area contributed by atoms with E-state index in [1.807, 2.05) is 38.1 Å². The van der Waals surface area contributed by atoms with E-state index < -0.39 is 10.0 Å². The number of likely N-dealkylation sites (N-methyl/N-ethyl adjacent to an activating group) is 1. The molecule has 0 aliphatic carbocycles. The summed E-state index contributed by atoms with van der Waals surface area (Å²) in [6.07, 6.45) is 0. The van der Waals surface area contributed by atoms with Crippen molar-refractivity contribution in [3.63, 3.8) is 0 Å². The molecule has 0 aliphatic heterocycles. The smallest absolute Gasteiger partial charge is 0.243 e. The first kappa shape index (κ1) is 19.1. The first-order valence-corrected chi connectivity index (χ1v) is 9.66. The Morgan fingerprint density at radius 1 is 1.04 bits per heavy atom. The number of hydrogen-bond donors (Lipinski definition) is 1. The molecule has 0 radical (unpaired) electrons. The first-order chi connectivity index (χ1) is 11.8. The number of amides is 1. The van der Waals surface area contributed by atoms with Crippen molar-refractivity contribution in [1.29, 1.82) is 0 Å². The summed E-state index contributed by atoms with van der Waals surface area (Å²) >= 11 is 0. The molecule has 0 atom stereocenters. The van der Waals surface area contributed by atoms with Crippen molar-refractivity contribution in [1.82, 2.24) is 9.62 Å². The Kier molecular flexibility index (Phi) is 6.33. The van der Waals surface area contributed by atoms with Crippen molar-refractivity contribution in [3.05, 3.63) is 65.2 Å². The molecule has 1 amide bonds. The summed E-state index contributed by atoms with van der Waals surface area (Å²) < 4.78 is 27.3. The highest BCUT2D eigenvalue weighted by Gasteiger charge is 2.26. The molecule has 0 saturated carbocycles. The third kappa shape index (κ3) is 5.14. The lowest BCUT2D eigenvalue weighted by molar-refractivity contribution is -0.121. The SMILES string of the molecule is CCNC(=O)CN(Cc1cccc(C)c1)S(=O)(=O)c1ccc(C)cc1. The van der Waals surface area contributed by atoms with Crippen molar-refractivity contribution < 1.29 is 13.2 Å². The predicted molar refractivity (Wildman–Crippen MR) is 98.6 cm³/mol. The van der Waals surface area contributed by atoms with E-state index in [0.29, 0.717) is 6.54 Å². The Labute approximate surface area is 149 Å². The number of rotatable bonds is 7. The van der Waals surface area contributed by atoms with Crippen LogP contribution in [0.2, 0.25) is 0 Å². The number of sulfonamides is 1. The lowest BCUT2D eigenvalue weighted by Crippen LogP contribution is -2.40. The molecule has 0 saturated heterocycles. The molecule has 0 spiro atoms. The van der Waals surface area contributed by atoms with Crippen molar-refractivity contribution in [2.75, 3.05) is 13.1 Å². The summed E-state index contributed by atoms with van der Waals surface area (Å²) in [7, 11) is -3.77. The van der Waals surface area contributed by atoms with Gasteiger partial charge in [-0.3, -0.25) is 4.79 Å². The lowest BCUT2D eigenvalue weighted by Gasteiger charge is -2.22. The van der Waals surface area contributed by atoms with E-state index in [9.17, 15) is 13.2 Å². The molecule has 1 N–H and O–H groups in total. The van der Waals surface area contributed by atoms with E-state index >= 15 is 0 Å². The van der Waals surface area contributed by atoms with Crippen molar-refractivity contribution in [2.24, 2.45) is 0 Å². The molecule has 0 heterocycles. The van der Waals surface area contributed by atoms with Gasteiger partial charge >= 0.3 is 0 Å². The van der Waals surface area contributed by atoms with Crippen LogP contribution < -0.4 is 5.32 Å². The van der Waals surface area contributed by atoms with E-state index in [0.717, 1.165) is 16.7 Å². The summed E-state index contributed by atoms with van der Waals surface area (Å²) in [6, 6.07) is 14.3. The van der Waals surface area contributed by atoms with Gasteiger partial charge in [0.25, 0.3) is 0 Å². The quantitative estimate of drug-likeness (QED) is 0.825. The highest BCUT2D eigenvalue weighted by atomic mass is 32.2. The van der Waals surface area contributed by atoms with Crippen LogP contribution in [-0.2, 0) is 21.4 Å². The van der Waals surface area contributed by atoms with Crippen LogP contribution in [0.1, 0.15) is 23.6 Å². The summed E-state index contributed by atoms with van der Waals surface area (Å²) in [5.74, 6) is -0.314. The number of nitrogens with zero attached hydrogens (tertiary/aromatic N) is 1. The van der Waals surface area contributed by atoms with Crippen LogP contribution in [-0.4, -0.2) is 31.7 Å². The summed E-state index contributed by atoms with van der Waals surface area (Å²) in [4.78, 5) is 12.2. The number of nitrogens with one attached hydrogen (secondary N) is 1. The molecule has 0 fully saturated rings. The Morgan fingerprint density at radius 2 is 1.72 bits per heavy atom. The minimum Gasteiger partial charge on any atom is -0.355 e. The van der Waals surface area contributed by atoms with E-state index in [1.165, 1.54) is 4.31 Å². The van der Waals surface area contributed by atoms with Crippen LogP contribution in [0, 0.1) is 13.8 Å². The van der Waals surface area contributed by atoms with Gasteiger partial charge in [-0.2, -0.15) is 4.31 Å². The third-order valence-corrected chi connectivity index (χ3v) is 5.60. The van der Waals surface area contributed by atoms with Gasteiger partial charge in [-0.15, -0.1) is 0 Å². The number of hydrogen-bond acceptors (Lipinski definition) is 3. The average Bonchev–Trinajstić information content (AvgIpc) is 2.55. The lowest BCUT2D eigenvalue weighted by atomic mass is 10.1. The fourth-order valence-electron chi connectivity index (χ4n) is 2.51. The minimum absolute atomic E-state index is 0.148. The normalized spacial score (nSPS) is 11.5.